The predicted octanol–water partition coefficient (Wildman–Crippen LogP) is 3.06. The van der Waals surface area contributed by atoms with Crippen LogP contribution in [0.3, 0.4) is 0 Å². The minimum atomic E-state index is -0.523. The highest BCUT2D eigenvalue weighted by molar-refractivity contribution is 5.11. The molecule has 0 aliphatic heterocycles. The Kier molecular flexibility index (Phi) is 4.96. The van der Waals surface area contributed by atoms with Gasteiger partial charge in [-0.1, -0.05) is 30.7 Å². The lowest BCUT2D eigenvalue weighted by Gasteiger charge is -2.26. The molecule has 0 bridgehead atoms. The summed E-state index contributed by atoms with van der Waals surface area (Å²) in [5.74, 6) is 0.755. The van der Waals surface area contributed by atoms with E-state index in [1.54, 1.807) is 0 Å². The highest BCUT2D eigenvalue weighted by atomic mass is 16.3. The van der Waals surface area contributed by atoms with Crippen LogP contribution in [0.5, 0.6) is 0 Å². The molecule has 1 saturated carbocycles. The van der Waals surface area contributed by atoms with E-state index >= 15 is 0 Å². The van der Waals surface area contributed by atoms with Crippen LogP contribution in [-0.4, -0.2) is 22.4 Å². The Morgan fingerprint density at radius 2 is 2.18 bits per heavy atom. The molecule has 0 aromatic carbocycles. The summed E-state index contributed by atoms with van der Waals surface area (Å²) >= 11 is 0. The fourth-order valence-electron chi connectivity index (χ4n) is 2.67. The third kappa shape index (κ3) is 3.68. The normalized spacial score (nSPS) is 34.1. The Balaban J connectivity index is 2.45. The second-order valence-corrected chi connectivity index (χ2v) is 5.70. The van der Waals surface area contributed by atoms with Crippen LogP contribution in [0.25, 0.3) is 0 Å². The number of rotatable bonds is 5. The van der Waals surface area contributed by atoms with Crippen molar-refractivity contribution in [2.75, 3.05) is 6.61 Å². The van der Waals surface area contributed by atoms with E-state index in [0.717, 1.165) is 31.3 Å². The molecule has 0 saturated heterocycles. The lowest BCUT2D eigenvalue weighted by molar-refractivity contribution is 0.0214. The maximum atomic E-state index is 10.1. The van der Waals surface area contributed by atoms with Crippen LogP contribution < -0.4 is 0 Å². The van der Waals surface area contributed by atoms with Crippen molar-refractivity contribution in [3.63, 3.8) is 0 Å². The van der Waals surface area contributed by atoms with Crippen LogP contribution in [0.4, 0.5) is 0 Å². The molecule has 0 aromatic rings. The SMILES string of the molecule is C=C(CC/C=C(\C)CO)[C@H]1CC[C@@](C)(O)[C@H]1C. The molecular weight excluding hydrogens is 212 g/mol. The first kappa shape index (κ1) is 14.5. The summed E-state index contributed by atoms with van der Waals surface area (Å²) in [7, 11) is 0. The molecule has 1 aliphatic rings. The van der Waals surface area contributed by atoms with Gasteiger partial charge in [0.15, 0.2) is 0 Å². The summed E-state index contributed by atoms with van der Waals surface area (Å²) in [6.45, 7) is 10.3. The van der Waals surface area contributed by atoms with Crippen molar-refractivity contribution in [1.29, 1.82) is 0 Å². The third-order valence-electron chi connectivity index (χ3n) is 4.28. The molecule has 1 fully saturated rings. The molecular formula is C15H26O2. The first-order valence-corrected chi connectivity index (χ1v) is 6.55. The van der Waals surface area contributed by atoms with Gasteiger partial charge in [-0.25, -0.2) is 0 Å². The van der Waals surface area contributed by atoms with E-state index in [0.29, 0.717) is 11.8 Å². The zero-order valence-corrected chi connectivity index (χ0v) is 11.4. The average molecular weight is 238 g/mol. The zero-order chi connectivity index (χ0) is 13.1. The van der Waals surface area contributed by atoms with Gasteiger partial charge in [-0.3, -0.25) is 0 Å². The standard InChI is InChI=1S/C15H26O2/c1-11(10-16)6-5-7-12(2)14-8-9-15(4,17)13(14)3/h6,13-14,16-17H,2,5,7-10H2,1,3-4H3/b11-6+/t13-,14+,15+/m0/s1. The van der Waals surface area contributed by atoms with Gasteiger partial charge in [-0.15, -0.1) is 0 Å². The lowest BCUT2D eigenvalue weighted by Crippen LogP contribution is -2.29. The van der Waals surface area contributed by atoms with Gasteiger partial charge in [0.25, 0.3) is 0 Å². The summed E-state index contributed by atoms with van der Waals surface area (Å²) in [5.41, 5.74) is 1.74. The number of hydrogen-bond acceptors (Lipinski definition) is 2. The molecule has 2 nitrogen and oxygen atoms in total. The van der Waals surface area contributed by atoms with Gasteiger partial charge in [-0.2, -0.15) is 0 Å². The Labute approximate surface area is 105 Å². The monoisotopic (exact) mass is 238 g/mol. The molecule has 17 heavy (non-hydrogen) atoms. The molecule has 2 N–H and O–H groups in total. The van der Waals surface area contributed by atoms with Crippen molar-refractivity contribution < 1.29 is 10.2 Å². The minimum absolute atomic E-state index is 0.140. The predicted molar refractivity (Wildman–Crippen MR) is 71.7 cm³/mol. The van der Waals surface area contributed by atoms with Crippen molar-refractivity contribution >= 4 is 0 Å². The second kappa shape index (κ2) is 5.83. The summed E-state index contributed by atoms with van der Waals surface area (Å²) in [4.78, 5) is 0. The first-order valence-electron chi connectivity index (χ1n) is 6.55. The maximum absolute atomic E-state index is 10.1. The molecule has 0 amide bonds. The van der Waals surface area contributed by atoms with E-state index in [4.69, 9.17) is 5.11 Å². The quantitative estimate of drug-likeness (QED) is 0.723. The van der Waals surface area contributed by atoms with Crippen LogP contribution in [-0.2, 0) is 0 Å². The largest absolute Gasteiger partial charge is 0.392 e. The number of aliphatic hydroxyl groups excluding tert-OH is 1. The molecule has 3 atom stereocenters. The van der Waals surface area contributed by atoms with Crippen LogP contribution in [0.2, 0.25) is 0 Å². The van der Waals surface area contributed by atoms with Gasteiger partial charge in [0.2, 0.25) is 0 Å². The topological polar surface area (TPSA) is 40.5 Å². The Morgan fingerprint density at radius 1 is 1.53 bits per heavy atom. The van der Waals surface area contributed by atoms with Gasteiger partial charge in [0.05, 0.1) is 12.2 Å². The van der Waals surface area contributed by atoms with Crippen LogP contribution >= 0.6 is 0 Å². The van der Waals surface area contributed by atoms with Crippen molar-refractivity contribution in [2.24, 2.45) is 11.8 Å². The molecule has 1 rings (SSSR count). The average Bonchev–Trinajstić information content (AvgIpc) is 2.54. The first-order chi connectivity index (χ1) is 7.88. The summed E-state index contributed by atoms with van der Waals surface area (Å²) in [6, 6.07) is 0. The van der Waals surface area contributed by atoms with E-state index in [1.165, 1.54) is 5.57 Å². The van der Waals surface area contributed by atoms with Crippen molar-refractivity contribution in [3.8, 4) is 0 Å². The number of allylic oxidation sites excluding steroid dienone is 2. The molecule has 98 valence electrons. The van der Waals surface area contributed by atoms with Crippen LogP contribution in [0.15, 0.2) is 23.8 Å². The maximum Gasteiger partial charge on any atom is 0.0651 e. The lowest BCUT2D eigenvalue weighted by atomic mass is 9.83. The Hall–Kier alpha value is -0.600. The van der Waals surface area contributed by atoms with Crippen LogP contribution in [0.1, 0.15) is 46.5 Å². The third-order valence-corrected chi connectivity index (χ3v) is 4.28. The highest BCUT2D eigenvalue weighted by Crippen LogP contribution is 2.43. The van der Waals surface area contributed by atoms with E-state index in [-0.39, 0.29) is 6.61 Å². The number of hydrogen-bond donors (Lipinski definition) is 2. The van der Waals surface area contributed by atoms with Gasteiger partial charge in [-0.05, 0) is 51.4 Å². The smallest absolute Gasteiger partial charge is 0.0651 e. The van der Waals surface area contributed by atoms with Gasteiger partial charge >= 0.3 is 0 Å². The molecule has 0 heterocycles. The van der Waals surface area contributed by atoms with Crippen molar-refractivity contribution in [2.45, 2.75) is 52.1 Å². The summed E-state index contributed by atoms with van der Waals surface area (Å²) in [5, 5.41) is 19.0. The second-order valence-electron chi connectivity index (χ2n) is 5.70. The van der Waals surface area contributed by atoms with Gasteiger partial charge < -0.3 is 10.2 Å². The van der Waals surface area contributed by atoms with Gasteiger partial charge in [0.1, 0.15) is 0 Å². The summed E-state index contributed by atoms with van der Waals surface area (Å²) in [6.07, 6.45) is 5.90. The number of aliphatic hydroxyl groups is 2. The Morgan fingerprint density at radius 3 is 2.65 bits per heavy atom. The Bertz CT molecular complexity index is 302. The van der Waals surface area contributed by atoms with Gasteiger partial charge in [0, 0.05) is 0 Å². The van der Waals surface area contributed by atoms with E-state index < -0.39 is 5.60 Å². The van der Waals surface area contributed by atoms with E-state index in [1.807, 2.05) is 13.8 Å². The fourth-order valence-corrected chi connectivity index (χ4v) is 2.67. The highest BCUT2D eigenvalue weighted by Gasteiger charge is 2.41. The molecule has 0 radical (unpaired) electrons. The minimum Gasteiger partial charge on any atom is -0.392 e. The molecule has 0 unspecified atom stereocenters. The van der Waals surface area contributed by atoms with Crippen molar-refractivity contribution in [1.82, 2.24) is 0 Å². The fraction of sp³-hybridized carbons (Fsp3) is 0.733. The molecule has 2 heteroatoms. The molecule has 0 spiro atoms. The molecule has 1 aliphatic carbocycles. The zero-order valence-electron chi connectivity index (χ0n) is 11.4. The van der Waals surface area contributed by atoms with E-state index in [2.05, 4.69) is 19.6 Å². The van der Waals surface area contributed by atoms with E-state index in [9.17, 15) is 5.11 Å². The summed E-state index contributed by atoms with van der Waals surface area (Å²) < 4.78 is 0. The molecule has 0 aromatic heterocycles. The van der Waals surface area contributed by atoms with Crippen LogP contribution in [0, 0.1) is 11.8 Å². The van der Waals surface area contributed by atoms with Crippen molar-refractivity contribution in [3.05, 3.63) is 23.8 Å².